The van der Waals surface area contributed by atoms with Crippen LogP contribution in [0.4, 0.5) is 8.78 Å². The molecule has 0 aliphatic carbocycles. The molecule has 0 aliphatic rings. The fraction of sp³-hybridized carbons (Fsp3) is 0. The summed E-state index contributed by atoms with van der Waals surface area (Å²) in [5.74, 6) is -3.37. The highest BCUT2D eigenvalue weighted by Gasteiger charge is 2.11. The summed E-state index contributed by atoms with van der Waals surface area (Å²) < 4.78 is 30.8. The number of hydrogen-bond donors (Lipinski definition) is 1. The maximum Gasteiger partial charge on any atom is 0.337 e. The van der Waals surface area contributed by atoms with E-state index in [4.69, 9.17) is 21.4 Å². The summed E-state index contributed by atoms with van der Waals surface area (Å²) in [7, 11) is 0. The summed E-state index contributed by atoms with van der Waals surface area (Å²) in [5, 5.41) is 8.67. The zero-order valence-corrected chi connectivity index (χ0v) is 9.99. The molecule has 2 aromatic rings. The number of carbonyl (C=O) groups is 1. The van der Waals surface area contributed by atoms with Crippen LogP contribution in [0.25, 0.3) is 0 Å². The molecule has 0 atom stereocenters. The average Bonchev–Trinajstić information content (AvgIpc) is 2.36. The Balaban J connectivity index is 2.28. The highest BCUT2D eigenvalue weighted by molar-refractivity contribution is 6.32. The molecule has 0 aliphatic heterocycles. The average molecular weight is 286 g/mol. The maximum absolute atomic E-state index is 13.0. The summed E-state index contributed by atoms with van der Waals surface area (Å²) in [4.78, 5) is 14.4. The molecular weight excluding hydrogens is 280 g/mol. The van der Waals surface area contributed by atoms with Crippen molar-refractivity contribution in [3.63, 3.8) is 0 Å². The summed E-state index contributed by atoms with van der Waals surface area (Å²) in [6.07, 6.45) is 1.05. The molecule has 0 saturated carbocycles. The van der Waals surface area contributed by atoms with Gasteiger partial charge in [-0.25, -0.2) is 18.6 Å². The number of hydrogen-bond acceptors (Lipinski definition) is 3. The predicted octanol–water partition coefficient (Wildman–Crippen LogP) is 3.50. The van der Waals surface area contributed by atoms with Crippen LogP contribution in [0.3, 0.4) is 0 Å². The fourth-order valence-corrected chi connectivity index (χ4v) is 1.47. The SMILES string of the molecule is O=C(O)c1cnc(Oc2ccc(F)c(F)c2)c(Cl)c1. The normalized spacial score (nSPS) is 10.3. The molecule has 1 aromatic carbocycles. The molecule has 0 bridgehead atoms. The van der Waals surface area contributed by atoms with Crippen LogP contribution in [-0.2, 0) is 0 Å². The molecule has 2 rings (SSSR count). The monoisotopic (exact) mass is 285 g/mol. The molecule has 7 heteroatoms. The van der Waals surface area contributed by atoms with Crippen molar-refractivity contribution < 1.29 is 23.4 Å². The van der Waals surface area contributed by atoms with Crippen molar-refractivity contribution in [1.82, 2.24) is 4.98 Å². The Morgan fingerprint density at radius 2 is 2.00 bits per heavy atom. The molecule has 1 heterocycles. The number of benzene rings is 1. The lowest BCUT2D eigenvalue weighted by atomic mass is 10.3. The van der Waals surface area contributed by atoms with Gasteiger partial charge in [0.05, 0.1) is 5.56 Å². The third-order valence-electron chi connectivity index (χ3n) is 2.16. The van der Waals surface area contributed by atoms with Crippen molar-refractivity contribution in [2.24, 2.45) is 0 Å². The van der Waals surface area contributed by atoms with Crippen molar-refractivity contribution in [3.8, 4) is 11.6 Å². The molecule has 1 N–H and O–H groups in total. The van der Waals surface area contributed by atoms with Gasteiger partial charge in [0.1, 0.15) is 10.8 Å². The fourth-order valence-electron chi connectivity index (χ4n) is 1.27. The van der Waals surface area contributed by atoms with Crippen molar-refractivity contribution in [2.75, 3.05) is 0 Å². The Morgan fingerprint density at radius 1 is 1.26 bits per heavy atom. The van der Waals surface area contributed by atoms with Gasteiger partial charge in [0, 0.05) is 12.3 Å². The second-order valence-corrected chi connectivity index (χ2v) is 3.90. The Kier molecular flexibility index (Phi) is 3.62. The van der Waals surface area contributed by atoms with E-state index >= 15 is 0 Å². The predicted molar refractivity (Wildman–Crippen MR) is 62.6 cm³/mol. The Morgan fingerprint density at radius 3 is 2.58 bits per heavy atom. The molecule has 1 aromatic heterocycles. The van der Waals surface area contributed by atoms with E-state index in [-0.39, 0.29) is 22.2 Å². The Bertz CT molecular complexity index is 649. The van der Waals surface area contributed by atoms with E-state index in [1.54, 1.807) is 0 Å². The van der Waals surface area contributed by atoms with E-state index in [0.29, 0.717) is 0 Å². The van der Waals surface area contributed by atoms with E-state index in [2.05, 4.69) is 4.98 Å². The number of carboxylic acids is 1. The number of ether oxygens (including phenoxy) is 1. The number of aromatic carboxylic acids is 1. The van der Waals surface area contributed by atoms with E-state index in [1.165, 1.54) is 6.07 Å². The summed E-state index contributed by atoms with van der Waals surface area (Å²) in [5.41, 5.74) is -0.109. The summed E-state index contributed by atoms with van der Waals surface area (Å²) >= 11 is 5.78. The number of carboxylic acid groups (broad SMARTS) is 1. The van der Waals surface area contributed by atoms with E-state index in [1.807, 2.05) is 0 Å². The topological polar surface area (TPSA) is 59.4 Å². The number of rotatable bonds is 3. The van der Waals surface area contributed by atoms with E-state index in [0.717, 1.165) is 24.4 Å². The van der Waals surface area contributed by atoms with Crippen molar-refractivity contribution >= 4 is 17.6 Å². The van der Waals surface area contributed by atoms with Gasteiger partial charge in [0.25, 0.3) is 0 Å². The molecule has 4 nitrogen and oxygen atoms in total. The van der Waals surface area contributed by atoms with Crippen molar-refractivity contribution in [2.45, 2.75) is 0 Å². The largest absolute Gasteiger partial charge is 0.478 e. The van der Waals surface area contributed by atoms with Gasteiger partial charge in [-0.2, -0.15) is 0 Å². The van der Waals surface area contributed by atoms with E-state index in [9.17, 15) is 13.6 Å². The van der Waals surface area contributed by atoms with Crippen LogP contribution in [0.2, 0.25) is 5.02 Å². The summed E-state index contributed by atoms with van der Waals surface area (Å²) in [6, 6.07) is 4.07. The molecule has 0 saturated heterocycles. The molecule has 19 heavy (non-hydrogen) atoms. The number of nitrogens with zero attached hydrogens (tertiary/aromatic N) is 1. The quantitative estimate of drug-likeness (QED) is 0.937. The lowest BCUT2D eigenvalue weighted by Crippen LogP contribution is -1.98. The van der Waals surface area contributed by atoms with Gasteiger partial charge in [-0.15, -0.1) is 0 Å². The second kappa shape index (κ2) is 5.19. The van der Waals surface area contributed by atoms with Crippen LogP contribution in [0.15, 0.2) is 30.5 Å². The van der Waals surface area contributed by atoms with E-state index < -0.39 is 17.6 Å². The first kappa shape index (κ1) is 13.2. The lowest BCUT2D eigenvalue weighted by molar-refractivity contribution is 0.0696. The molecule has 0 fully saturated rings. The van der Waals surface area contributed by atoms with Crippen LogP contribution >= 0.6 is 11.6 Å². The Hall–Kier alpha value is -2.21. The maximum atomic E-state index is 13.0. The first-order valence-corrected chi connectivity index (χ1v) is 5.37. The van der Waals surface area contributed by atoms with Crippen molar-refractivity contribution in [3.05, 3.63) is 52.7 Å². The van der Waals surface area contributed by atoms with Gasteiger partial charge in [0.2, 0.25) is 5.88 Å². The Labute approximate surface area is 111 Å². The molecule has 0 radical (unpaired) electrons. The first-order chi connectivity index (χ1) is 8.97. The van der Waals surface area contributed by atoms with Crippen molar-refractivity contribution in [1.29, 1.82) is 0 Å². The highest BCUT2D eigenvalue weighted by Crippen LogP contribution is 2.28. The first-order valence-electron chi connectivity index (χ1n) is 4.99. The zero-order valence-electron chi connectivity index (χ0n) is 9.23. The smallest absolute Gasteiger partial charge is 0.337 e. The van der Waals surface area contributed by atoms with Crippen LogP contribution in [0, 0.1) is 11.6 Å². The number of halogens is 3. The zero-order chi connectivity index (χ0) is 14.0. The van der Waals surface area contributed by atoms with Gasteiger partial charge < -0.3 is 9.84 Å². The lowest BCUT2D eigenvalue weighted by Gasteiger charge is -2.07. The van der Waals surface area contributed by atoms with Crippen LogP contribution in [0.5, 0.6) is 11.6 Å². The minimum atomic E-state index is -1.19. The molecule has 0 amide bonds. The van der Waals surface area contributed by atoms with Gasteiger partial charge in [-0.3, -0.25) is 0 Å². The minimum absolute atomic E-state index is 0.00336. The third kappa shape index (κ3) is 2.97. The highest BCUT2D eigenvalue weighted by atomic mass is 35.5. The van der Waals surface area contributed by atoms with Gasteiger partial charge in [-0.1, -0.05) is 11.6 Å². The van der Waals surface area contributed by atoms with Gasteiger partial charge in [-0.05, 0) is 18.2 Å². The number of aromatic nitrogens is 1. The van der Waals surface area contributed by atoms with Crippen LogP contribution < -0.4 is 4.74 Å². The van der Waals surface area contributed by atoms with Crippen LogP contribution in [-0.4, -0.2) is 16.1 Å². The number of pyridine rings is 1. The van der Waals surface area contributed by atoms with Gasteiger partial charge >= 0.3 is 5.97 Å². The van der Waals surface area contributed by atoms with Gasteiger partial charge in [0.15, 0.2) is 11.6 Å². The minimum Gasteiger partial charge on any atom is -0.478 e. The standard InChI is InChI=1S/C12H6ClF2NO3/c13-8-3-6(12(17)18)5-16-11(8)19-7-1-2-9(14)10(15)4-7/h1-5H,(H,17,18). The summed E-state index contributed by atoms with van der Waals surface area (Å²) in [6.45, 7) is 0. The molecular formula is C12H6ClF2NO3. The molecule has 98 valence electrons. The second-order valence-electron chi connectivity index (χ2n) is 3.49. The third-order valence-corrected chi connectivity index (χ3v) is 2.43. The molecule has 0 unspecified atom stereocenters. The van der Waals surface area contributed by atoms with Crippen LogP contribution in [0.1, 0.15) is 10.4 Å². The molecule has 0 spiro atoms.